The lowest BCUT2D eigenvalue weighted by molar-refractivity contribution is -0.119. The number of carbonyl (C=O) groups excluding carboxylic acids is 1. The van der Waals surface area contributed by atoms with E-state index in [0.717, 1.165) is 39.9 Å². The Kier molecular flexibility index (Phi) is 3.76. The minimum atomic E-state index is -0.470. The number of nitrogens with one attached hydrogen (secondary N) is 1. The molecule has 2 heterocycles. The molecule has 0 saturated carbocycles. The van der Waals surface area contributed by atoms with Gasteiger partial charge in [-0.1, -0.05) is 51.1 Å². The van der Waals surface area contributed by atoms with Crippen molar-refractivity contribution < 1.29 is 4.79 Å². The quantitative estimate of drug-likeness (QED) is 0.712. The Labute approximate surface area is 156 Å². The molecule has 25 heavy (non-hydrogen) atoms. The monoisotopic (exact) mass is 399 g/mol. The molecule has 3 aliphatic rings. The highest BCUT2D eigenvalue weighted by Crippen LogP contribution is 2.55. The SMILES string of the molecule is CC[C@]1(c2ccccc2)C2=C(CC(C)(C)CC2=O)NC2N=NC(Br)=C21. The van der Waals surface area contributed by atoms with E-state index in [9.17, 15) is 4.79 Å². The average molecular weight is 400 g/mol. The molecule has 0 spiro atoms. The van der Waals surface area contributed by atoms with Crippen molar-refractivity contribution in [3.8, 4) is 0 Å². The fraction of sp³-hybridized carbons (Fsp3) is 0.450. The first-order valence-corrected chi connectivity index (χ1v) is 9.58. The van der Waals surface area contributed by atoms with Crippen molar-refractivity contribution in [1.82, 2.24) is 5.32 Å². The van der Waals surface area contributed by atoms with Crippen molar-refractivity contribution in [3.63, 3.8) is 0 Å². The third kappa shape index (κ3) is 2.35. The fourth-order valence-corrected chi connectivity index (χ4v) is 5.32. The summed E-state index contributed by atoms with van der Waals surface area (Å²) < 4.78 is 0.750. The van der Waals surface area contributed by atoms with E-state index in [1.807, 2.05) is 18.2 Å². The number of hydrogen-bond donors (Lipinski definition) is 1. The van der Waals surface area contributed by atoms with Crippen LogP contribution in [0.5, 0.6) is 0 Å². The minimum Gasteiger partial charge on any atom is -0.362 e. The number of nitrogens with zero attached hydrogens (tertiary/aromatic N) is 2. The summed E-state index contributed by atoms with van der Waals surface area (Å²) in [4.78, 5) is 13.3. The van der Waals surface area contributed by atoms with Crippen LogP contribution in [0.15, 0.2) is 62.0 Å². The fourth-order valence-electron chi connectivity index (χ4n) is 4.68. The summed E-state index contributed by atoms with van der Waals surface area (Å²) in [5.41, 5.74) is 3.66. The molecule has 1 aromatic carbocycles. The topological polar surface area (TPSA) is 53.8 Å². The molecular weight excluding hydrogens is 378 g/mol. The average Bonchev–Trinajstić information content (AvgIpc) is 2.94. The predicted molar refractivity (Wildman–Crippen MR) is 101 cm³/mol. The Morgan fingerprint density at radius 1 is 1.24 bits per heavy atom. The highest BCUT2D eigenvalue weighted by Gasteiger charge is 2.54. The van der Waals surface area contributed by atoms with Gasteiger partial charge in [0.1, 0.15) is 4.61 Å². The van der Waals surface area contributed by atoms with Crippen LogP contribution < -0.4 is 5.32 Å². The zero-order chi connectivity index (χ0) is 17.8. The van der Waals surface area contributed by atoms with Crippen LogP contribution in [0.4, 0.5) is 0 Å². The van der Waals surface area contributed by atoms with Crippen molar-refractivity contribution in [1.29, 1.82) is 0 Å². The van der Waals surface area contributed by atoms with E-state index < -0.39 is 5.41 Å². The van der Waals surface area contributed by atoms with Crippen LogP contribution in [-0.2, 0) is 10.2 Å². The maximum Gasteiger partial charge on any atom is 0.165 e. The summed E-state index contributed by atoms with van der Waals surface area (Å²) in [5.74, 6) is 0.239. The first kappa shape index (κ1) is 16.7. The number of fused-ring (bicyclic) bond motifs is 1. The van der Waals surface area contributed by atoms with E-state index in [1.165, 1.54) is 0 Å². The summed E-state index contributed by atoms with van der Waals surface area (Å²) in [6, 6.07) is 10.3. The van der Waals surface area contributed by atoms with Crippen molar-refractivity contribution in [2.24, 2.45) is 15.6 Å². The molecule has 2 atom stereocenters. The van der Waals surface area contributed by atoms with Crippen LogP contribution in [0.3, 0.4) is 0 Å². The van der Waals surface area contributed by atoms with Crippen molar-refractivity contribution in [2.45, 2.75) is 51.6 Å². The highest BCUT2D eigenvalue weighted by molar-refractivity contribution is 9.11. The van der Waals surface area contributed by atoms with Gasteiger partial charge in [0.2, 0.25) is 0 Å². The zero-order valence-electron chi connectivity index (χ0n) is 14.8. The van der Waals surface area contributed by atoms with Crippen LogP contribution >= 0.6 is 15.9 Å². The molecule has 0 fully saturated rings. The van der Waals surface area contributed by atoms with Gasteiger partial charge >= 0.3 is 0 Å². The smallest absolute Gasteiger partial charge is 0.165 e. The molecular formula is C20H22BrN3O. The van der Waals surface area contributed by atoms with Gasteiger partial charge in [-0.25, -0.2) is 0 Å². The summed E-state index contributed by atoms with van der Waals surface area (Å²) in [6.07, 6.45) is 2.04. The van der Waals surface area contributed by atoms with E-state index >= 15 is 0 Å². The van der Waals surface area contributed by atoms with Crippen LogP contribution in [0.2, 0.25) is 0 Å². The van der Waals surface area contributed by atoms with Gasteiger partial charge in [0.05, 0.1) is 5.41 Å². The largest absolute Gasteiger partial charge is 0.362 e. The van der Waals surface area contributed by atoms with Crippen molar-refractivity contribution >= 4 is 21.7 Å². The van der Waals surface area contributed by atoms with E-state index in [0.29, 0.717) is 6.42 Å². The van der Waals surface area contributed by atoms with Crippen LogP contribution in [-0.4, -0.2) is 11.9 Å². The number of carbonyl (C=O) groups is 1. The van der Waals surface area contributed by atoms with Gasteiger partial charge in [-0.05, 0) is 39.8 Å². The van der Waals surface area contributed by atoms with Gasteiger partial charge < -0.3 is 5.32 Å². The zero-order valence-corrected chi connectivity index (χ0v) is 16.4. The van der Waals surface area contributed by atoms with Gasteiger partial charge in [0, 0.05) is 23.3 Å². The number of rotatable bonds is 2. The molecule has 130 valence electrons. The van der Waals surface area contributed by atoms with E-state index in [2.05, 4.69) is 64.4 Å². The van der Waals surface area contributed by atoms with Gasteiger partial charge in [0.25, 0.3) is 0 Å². The number of hydrogen-bond acceptors (Lipinski definition) is 4. The second-order valence-corrected chi connectivity index (χ2v) is 8.64. The first-order valence-electron chi connectivity index (χ1n) is 8.79. The van der Waals surface area contributed by atoms with Gasteiger partial charge in [-0.15, -0.1) is 5.11 Å². The third-order valence-corrected chi connectivity index (χ3v) is 6.21. The summed E-state index contributed by atoms with van der Waals surface area (Å²) in [7, 11) is 0. The molecule has 4 nitrogen and oxygen atoms in total. The number of Topliss-reactive ketones (excluding diaryl/α,β-unsaturated/α-hetero) is 1. The Morgan fingerprint density at radius 3 is 2.64 bits per heavy atom. The number of halogens is 1. The van der Waals surface area contributed by atoms with E-state index in [1.54, 1.807) is 0 Å². The number of allylic oxidation sites excluding steroid dienone is 2. The molecule has 1 unspecified atom stereocenters. The summed E-state index contributed by atoms with van der Waals surface area (Å²) in [6.45, 7) is 6.46. The lowest BCUT2D eigenvalue weighted by Gasteiger charge is -2.47. The third-order valence-electron chi connectivity index (χ3n) is 5.63. The molecule has 0 saturated heterocycles. The van der Waals surface area contributed by atoms with Crippen LogP contribution in [0.1, 0.15) is 45.6 Å². The van der Waals surface area contributed by atoms with E-state index in [4.69, 9.17) is 0 Å². The Morgan fingerprint density at radius 2 is 1.96 bits per heavy atom. The second kappa shape index (κ2) is 5.63. The molecule has 2 aliphatic heterocycles. The molecule has 0 amide bonds. The number of benzene rings is 1. The maximum atomic E-state index is 13.3. The summed E-state index contributed by atoms with van der Waals surface area (Å²) >= 11 is 3.60. The summed E-state index contributed by atoms with van der Waals surface area (Å²) in [5, 5.41) is 12.2. The lowest BCUT2D eigenvalue weighted by atomic mass is 9.59. The number of ketones is 1. The maximum absolute atomic E-state index is 13.3. The Bertz CT molecular complexity index is 838. The van der Waals surface area contributed by atoms with Gasteiger partial charge in [0.15, 0.2) is 11.9 Å². The lowest BCUT2D eigenvalue weighted by Crippen LogP contribution is -2.51. The Balaban J connectivity index is 2.03. The number of azo groups is 1. The standard InChI is InChI=1S/C20H22BrN3O/c1-4-20(12-8-6-5-7-9-12)15-13(10-19(2,3)11-14(15)25)22-18-16(20)17(21)23-24-18/h5-9,18,22H,4,10-11H2,1-3H3/t18?,20-/m0/s1. The molecule has 1 aliphatic carbocycles. The molecule has 4 rings (SSSR count). The molecule has 1 aromatic rings. The molecule has 5 heteroatoms. The molecule has 1 N–H and O–H groups in total. The van der Waals surface area contributed by atoms with Gasteiger partial charge in [-0.2, -0.15) is 5.11 Å². The minimum absolute atomic E-state index is 0.0344. The normalized spacial score (nSPS) is 30.2. The van der Waals surface area contributed by atoms with Crippen molar-refractivity contribution in [3.05, 3.63) is 57.3 Å². The first-order chi connectivity index (χ1) is 11.9. The second-order valence-electron chi connectivity index (χ2n) is 7.89. The Hall–Kier alpha value is -1.75. The highest BCUT2D eigenvalue weighted by atomic mass is 79.9. The molecule has 0 bridgehead atoms. The molecule has 0 aromatic heterocycles. The van der Waals surface area contributed by atoms with Crippen LogP contribution in [0.25, 0.3) is 0 Å². The van der Waals surface area contributed by atoms with Crippen molar-refractivity contribution in [2.75, 3.05) is 0 Å². The van der Waals surface area contributed by atoms with E-state index in [-0.39, 0.29) is 17.4 Å². The van der Waals surface area contributed by atoms with Gasteiger partial charge in [-0.3, -0.25) is 4.79 Å². The predicted octanol–water partition coefficient (Wildman–Crippen LogP) is 4.98. The van der Waals surface area contributed by atoms with Crippen LogP contribution in [0, 0.1) is 5.41 Å². The molecule has 0 radical (unpaired) electrons.